The van der Waals surface area contributed by atoms with E-state index in [1.165, 1.54) is 0 Å². The van der Waals surface area contributed by atoms with Crippen molar-refractivity contribution in [3.8, 4) is 0 Å². The summed E-state index contributed by atoms with van der Waals surface area (Å²) in [6.45, 7) is 1.74. The normalized spacial score (nSPS) is 14.9. The second-order valence-corrected chi connectivity index (χ2v) is 3.66. The van der Waals surface area contributed by atoms with Gasteiger partial charge in [-0.2, -0.15) is 0 Å². The van der Waals surface area contributed by atoms with E-state index in [0.717, 1.165) is 5.56 Å². The fourth-order valence-corrected chi connectivity index (χ4v) is 1.46. The zero-order chi connectivity index (χ0) is 11.4. The molecule has 15 heavy (non-hydrogen) atoms. The molecule has 1 aromatic rings. The Labute approximate surface area is 89.0 Å². The Kier molecular flexibility index (Phi) is 4.08. The van der Waals surface area contributed by atoms with Crippen LogP contribution >= 0.6 is 0 Å². The Bertz CT molecular complexity index is 328. The van der Waals surface area contributed by atoms with Crippen LogP contribution in [0.2, 0.25) is 0 Å². The molecule has 84 valence electrons. The number of nitrogen functional groups attached to an aromatic ring is 1. The van der Waals surface area contributed by atoms with Crippen molar-refractivity contribution in [1.82, 2.24) is 0 Å². The van der Waals surface area contributed by atoms with Crippen molar-refractivity contribution < 1.29 is 15.3 Å². The van der Waals surface area contributed by atoms with Gasteiger partial charge >= 0.3 is 0 Å². The Morgan fingerprint density at radius 2 is 2.00 bits per heavy atom. The maximum Gasteiger partial charge on any atom is 0.107 e. The SMILES string of the molecule is Cc1ccc(C(O)C(O)CCO)c(N)c1. The third kappa shape index (κ3) is 2.92. The maximum atomic E-state index is 9.75. The first-order valence-corrected chi connectivity index (χ1v) is 4.89. The molecule has 0 bridgehead atoms. The number of rotatable bonds is 4. The molecular weight excluding hydrogens is 194 g/mol. The number of benzene rings is 1. The zero-order valence-corrected chi connectivity index (χ0v) is 8.72. The first-order valence-electron chi connectivity index (χ1n) is 4.89. The lowest BCUT2D eigenvalue weighted by Gasteiger charge is -2.19. The number of aryl methyl sites for hydroxylation is 1. The lowest BCUT2D eigenvalue weighted by molar-refractivity contribution is 0.00460. The van der Waals surface area contributed by atoms with Crippen molar-refractivity contribution in [3.05, 3.63) is 29.3 Å². The highest BCUT2D eigenvalue weighted by molar-refractivity contribution is 5.50. The standard InChI is InChI=1S/C11H17NO3/c1-7-2-3-8(9(12)6-7)11(15)10(14)4-5-13/h2-3,6,10-11,13-15H,4-5,12H2,1H3. The van der Waals surface area contributed by atoms with E-state index in [4.69, 9.17) is 10.8 Å². The molecule has 1 aromatic carbocycles. The summed E-state index contributed by atoms with van der Waals surface area (Å²) in [6.07, 6.45) is -1.90. The lowest BCUT2D eigenvalue weighted by Crippen LogP contribution is -2.20. The molecule has 0 radical (unpaired) electrons. The van der Waals surface area contributed by atoms with E-state index in [1.54, 1.807) is 12.1 Å². The van der Waals surface area contributed by atoms with E-state index in [9.17, 15) is 10.2 Å². The molecule has 0 aliphatic heterocycles. The molecule has 0 aliphatic carbocycles. The summed E-state index contributed by atoms with van der Waals surface area (Å²) >= 11 is 0. The topological polar surface area (TPSA) is 86.7 Å². The van der Waals surface area contributed by atoms with Crippen LogP contribution in [-0.2, 0) is 0 Å². The highest BCUT2D eigenvalue weighted by Gasteiger charge is 2.19. The van der Waals surface area contributed by atoms with Crippen molar-refractivity contribution in [2.24, 2.45) is 0 Å². The average molecular weight is 211 g/mol. The molecule has 2 unspecified atom stereocenters. The molecule has 0 amide bonds. The van der Waals surface area contributed by atoms with Gasteiger partial charge in [0.15, 0.2) is 0 Å². The highest BCUT2D eigenvalue weighted by Crippen LogP contribution is 2.25. The van der Waals surface area contributed by atoms with Crippen molar-refractivity contribution in [3.63, 3.8) is 0 Å². The van der Waals surface area contributed by atoms with E-state index in [2.05, 4.69) is 0 Å². The van der Waals surface area contributed by atoms with E-state index in [0.29, 0.717) is 11.3 Å². The van der Waals surface area contributed by atoms with Crippen LogP contribution in [0.1, 0.15) is 23.7 Å². The molecule has 0 aromatic heterocycles. The number of aliphatic hydroxyl groups excluding tert-OH is 3. The average Bonchev–Trinajstić information content (AvgIpc) is 2.17. The quantitative estimate of drug-likeness (QED) is 0.541. The van der Waals surface area contributed by atoms with Gasteiger partial charge in [0, 0.05) is 17.9 Å². The first-order chi connectivity index (χ1) is 7.06. The van der Waals surface area contributed by atoms with Crippen LogP contribution in [0.3, 0.4) is 0 Å². The van der Waals surface area contributed by atoms with Gasteiger partial charge in [-0.3, -0.25) is 0 Å². The predicted molar refractivity (Wildman–Crippen MR) is 58.3 cm³/mol. The van der Waals surface area contributed by atoms with Crippen molar-refractivity contribution >= 4 is 5.69 Å². The molecule has 4 heteroatoms. The summed E-state index contributed by atoms with van der Waals surface area (Å²) in [5.41, 5.74) is 7.68. The molecule has 1 rings (SSSR count). The molecule has 0 aliphatic rings. The molecule has 0 heterocycles. The molecule has 2 atom stereocenters. The van der Waals surface area contributed by atoms with Crippen molar-refractivity contribution in [1.29, 1.82) is 0 Å². The minimum atomic E-state index is -1.04. The summed E-state index contributed by atoms with van der Waals surface area (Å²) in [5.74, 6) is 0. The van der Waals surface area contributed by atoms with Crippen LogP contribution < -0.4 is 5.73 Å². The summed E-state index contributed by atoms with van der Waals surface area (Å²) in [6, 6.07) is 5.25. The van der Waals surface area contributed by atoms with Crippen LogP contribution in [0.15, 0.2) is 18.2 Å². The molecule has 0 fully saturated rings. The van der Waals surface area contributed by atoms with E-state index in [-0.39, 0.29) is 13.0 Å². The van der Waals surface area contributed by atoms with Crippen LogP contribution in [-0.4, -0.2) is 28.0 Å². The monoisotopic (exact) mass is 211 g/mol. The summed E-state index contributed by atoms with van der Waals surface area (Å²) in [4.78, 5) is 0. The second-order valence-electron chi connectivity index (χ2n) is 3.66. The predicted octanol–water partition coefficient (Wildman–Crippen LogP) is 0.354. The van der Waals surface area contributed by atoms with Gasteiger partial charge in [0.25, 0.3) is 0 Å². The van der Waals surface area contributed by atoms with E-state index in [1.807, 2.05) is 13.0 Å². The molecule has 4 nitrogen and oxygen atoms in total. The Morgan fingerprint density at radius 3 is 2.53 bits per heavy atom. The third-order valence-electron chi connectivity index (χ3n) is 2.35. The van der Waals surface area contributed by atoms with Gasteiger partial charge in [0.05, 0.1) is 6.10 Å². The molecule has 5 N–H and O–H groups in total. The van der Waals surface area contributed by atoms with Crippen LogP contribution in [0.5, 0.6) is 0 Å². The minimum Gasteiger partial charge on any atom is -0.398 e. The van der Waals surface area contributed by atoms with Crippen molar-refractivity contribution in [2.75, 3.05) is 12.3 Å². The smallest absolute Gasteiger partial charge is 0.107 e. The van der Waals surface area contributed by atoms with Gasteiger partial charge in [-0.1, -0.05) is 12.1 Å². The Morgan fingerprint density at radius 1 is 1.33 bits per heavy atom. The Hall–Kier alpha value is -1.10. The number of anilines is 1. The number of aliphatic hydroxyl groups is 3. The van der Waals surface area contributed by atoms with Gasteiger partial charge in [-0.25, -0.2) is 0 Å². The van der Waals surface area contributed by atoms with Crippen LogP contribution in [0, 0.1) is 6.92 Å². The van der Waals surface area contributed by atoms with Crippen LogP contribution in [0.4, 0.5) is 5.69 Å². The van der Waals surface area contributed by atoms with E-state index >= 15 is 0 Å². The van der Waals surface area contributed by atoms with Gasteiger partial charge in [0.1, 0.15) is 6.10 Å². The third-order valence-corrected chi connectivity index (χ3v) is 2.35. The van der Waals surface area contributed by atoms with E-state index < -0.39 is 12.2 Å². The summed E-state index contributed by atoms with van der Waals surface area (Å²) in [5, 5.41) is 27.9. The highest BCUT2D eigenvalue weighted by atomic mass is 16.3. The van der Waals surface area contributed by atoms with Gasteiger partial charge in [-0.05, 0) is 25.0 Å². The number of hydrogen-bond donors (Lipinski definition) is 4. The maximum absolute atomic E-state index is 9.75. The number of hydrogen-bond acceptors (Lipinski definition) is 4. The molecule has 0 saturated heterocycles. The fourth-order valence-electron chi connectivity index (χ4n) is 1.46. The van der Waals surface area contributed by atoms with Gasteiger partial charge in [0.2, 0.25) is 0 Å². The first kappa shape index (κ1) is 12.0. The minimum absolute atomic E-state index is 0.133. The van der Waals surface area contributed by atoms with Crippen molar-refractivity contribution in [2.45, 2.75) is 25.6 Å². The molecule has 0 spiro atoms. The summed E-state index contributed by atoms with van der Waals surface area (Å²) in [7, 11) is 0. The van der Waals surface area contributed by atoms with Crippen LogP contribution in [0.25, 0.3) is 0 Å². The Balaban J connectivity index is 2.86. The second kappa shape index (κ2) is 5.11. The zero-order valence-electron chi connectivity index (χ0n) is 8.72. The molecule has 0 saturated carbocycles. The fraction of sp³-hybridized carbons (Fsp3) is 0.455. The largest absolute Gasteiger partial charge is 0.398 e. The number of nitrogens with two attached hydrogens (primary N) is 1. The lowest BCUT2D eigenvalue weighted by atomic mass is 9.99. The summed E-state index contributed by atoms with van der Waals surface area (Å²) < 4.78 is 0. The van der Waals surface area contributed by atoms with Gasteiger partial charge < -0.3 is 21.1 Å². The van der Waals surface area contributed by atoms with Gasteiger partial charge in [-0.15, -0.1) is 0 Å². The molecular formula is C11H17NO3.